The van der Waals surface area contributed by atoms with E-state index >= 15 is 4.39 Å². The molecule has 1 aliphatic rings. The maximum atomic E-state index is 15.0. The van der Waals surface area contributed by atoms with Crippen molar-refractivity contribution in [2.75, 3.05) is 37.0 Å². The van der Waals surface area contributed by atoms with Crippen molar-refractivity contribution in [2.45, 2.75) is 52.5 Å². The SMILES string of the molecule is Cc1cc(C)c(OC(=O)N(Cc2cc(C(F)(F)F)cc(C(F)(F)F)c2)c2ccnc(Nc3ccc(OCC4CCCN(C)C4)c(F)c3)n2)c(C)c1. The van der Waals surface area contributed by atoms with Gasteiger partial charge in [-0.25, -0.2) is 14.2 Å². The molecular formula is C36H36F7N5O3. The van der Waals surface area contributed by atoms with Crippen molar-refractivity contribution >= 4 is 23.5 Å². The fraction of sp³-hybridized carbons (Fsp3) is 0.361. The van der Waals surface area contributed by atoms with Gasteiger partial charge in [-0.3, -0.25) is 4.90 Å². The van der Waals surface area contributed by atoms with Gasteiger partial charge < -0.3 is 19.7 Å². The summed E-state index contributed by atoms with van der Waals surface area (Å²) >= 11 is 0. The van der Waals surface area contributed by atoms with Crippen LogP contribution in [-0.2, 0) is 18.9 Å². The summed E-state index contributed by atoms with van der Waals surface area (Å²) in [5.74, 6) is -0.536. The Balaban J connectivity index is 1.44. The van der Waals surface area contributed by atoms with E-state index in [-0.39, 0.29) is 40.9 Å². The summed E-state index contributed by atoms with van der Waals surface area (Å²) in [5.41, 5.74) is -1.34. The molecule has 1 atom stereocenters. The minimum Gasteiger partial charge on any atom is -0.490 e. The predicted molar refractivity (Wildman–Crippen MR) is 177 cm³/mol. The summed E-state index contributed by atoms with van der Waals surface area (Å²) in [6, 6.07) is 9.91. The fourth-order valence-electron chi connectivity index (χ4n) is 6.00. The summed E-state index contributed by atoms with van der Waals surface area (Å²) in [4.78, 5) is 25.1. The molecule has 3 aromatic carbocycles. The molecule has 1 fully saturated rings. The van der Waals surface area contributed by atoms with Crippen molar-refractivity contribution in [3.05, 3.63) is 100.0 Å². The number of nitrogens with zero attached hydrogens (tertiary/aromatic N) is 4. The van der Waals surface area contributed by atoms with Crippen LogP contribution in [0.5, 0.6) is 11.5 Å². The van der Waals surface area contributed by atoms with Gasteiger partial charge in [-0.05, 0) is 100 Å². The molecule has 1 amide bonds. The molecule has 5 rings (SSSR count). The zero-order valence-electron chi connectivity index (χ0n) is 28.3. The molecule has 51 heavy (non-hydrogen) atoms. The zero-order chi connectivity index (χ0) is 37.1. The Hall–Kier alpha value is -4.92. The largest absolute Gasteiger partial charge is 0.490 e. The van der Waals surface area contributed by atoms with Crippen molar-refractivity contribution in [2.24, 2.45) is 5.92 Å². The molecule has 0 aliphatic carbocycles. The molecular weight excluding hydrogens is 683 g/mol. The highest BCUT2D eigenvalue weighted by atomic mass is 19.4. The average molecular weight is 720 g/mol. The van der Waals surface area contributed by atoms with E-state index in [4.69, 9.17) is 9.47 Å². The normalized spacial score (nSPS) is 15.4. The van der Waals surface area contributed by atoms with Crippen LogP contribution in [0.25, 0.3) is 0 Å². The monoisotopic (exact) mass is 719 g/mol. The third-order valence-corrected chi connectivity index (χ3v) is 8.30. The Morgan fingerprint density at radius 2 is 1.63 bits per heavy atom. The van der Waals surface area contributed by atoms with Crippen LogP contribution in [0.1, 0.15) is 46.2 Å². The van der Waals surface area contributed by atoms with Crippen LogP contribution in [0.3, 0.4) is 0 Å². The molecule has 2 heterocycles. The maximum absolute atomic E-state index is 15.0. The molecule has 0 spiro atoms. The lowest BCUT2D eigenvalue weighted by Gasteiger charge is -2.29. The Labute approximate surface area is 290 Å². The first-order valence-electron chi connectivity index (χ1n) is 16.0. The van der Waals surface area contributed by atoms with Gasteiger partial charge in [-0.15, -0.1) is 0 Å². The third-order valence-electron chi connectivity index (χ3n) is 8.30. The summed E-state index contributed by atoms with van der Waals surface area (Å²) in [6.07, 6.45) is -8.11. The van der Waals surface area contributed by atoms with Crippen molar-refractivity contribution in [1.29, 1.82) is 0 Å². The van der Waals surface area contributed by atoms with Crippen LogP contribution in [0.4, 0.5) is 53.0 Å². The van der Waals surface area contributed by atoms with E-state index in [0.717, 1.165) is 42.5 Å². The number of carbonyl (C=O) groups excluding carboxylic acids is 1. The quantitative estimate of drug-likeness (QED) is 0.173. The van der Waals surface area contributed by atoms with Crippen LogP contribution >= 0.6 is 0 Å². The number of ether oxygens (including phenoxy) is 2. The lowest BCUT2D eigenvalue weighted by Crippen LogP contribution is -2.34. The summed E-state index contributed by atoms with van der Waals surface area (Å²) < 4.78 is 109. The highest BCUT2D eigenvalue weighted by Gasteiger charge is 2.37. The Morgan fingerprint density at radius 3 is 2.24 bits per heavy atom. The number of amides is 1. The maximum Gasteiger partial charge on any atom is 0.421 e. The van der Waals surface area contributed by atoms with Gasteiger partial charge in [-0.1, -0.05) is 17.7 Å². The second-order valence-electron chi connectivity index (χ2n) is 12.7. The van der Waals surface area contributed by atoms with Gasteiger partial charge >= 0.3 is 18.4 Å². The van der Waals surface area contributed by atoms with Crippen molar-refractivity contribution in [3.8, 4) is 11.5 Å². The first-order chi connectivity index (χ1) is 24.0. The van der Waals surface area contributed by atoms with E-state index in [9.17, 15) is 31.1 Å². The number of piperidine rings is 1. The highest BCUT2D eigenvalue weighted by molar-refractivity contribution is 5.88. The van der Waals surface area contributed by atoms with Crippen molar-refractivity contribution < 1.29 is 45.0 Å². The Bertz CT molecular complexity index is 1830. The number of rotatable bonds is 9. The number of carbonyl (C=O) groups is 1. The highest BCUT2D eigenvalue weighted by Crippen LogP contribution is 2.37. The number of anilines is 3. The predicted octanol–water partition coefficient (Wildman–Crippen LogP) is 9.25. The zero-order valence-corrected chi connectivity index (χ0v) is 28.3. The third kappa shape index (κ3) is 9.66. The molecule has 0 saturated carbocycles. The first-order valence-corrected chi connectivity index (χ1v) is 16.0. The average Bonchev–Trinajstić information content (AvgIpc) is 3.04. The van der Waals surface area contributed by atoms with Crippen molar-refractivity contribution in [1.82, 2.24) is 14.9 Å². The van der Waals surface area contributed by atoms with Crippen LogP contribution in [0.15, 0.2) is 60.8 Å². The van der Waals surface area contributed by atoms with Gasteiger partial charge in [0.2, 0.25) is 5.95 Å². The standard InChI is InChI=1S/C36H36F7N5O3/c1-21-12-22(2)32(23(3)13-21)51-34(49)48(19-25-14-26(35(38,39)40)16-27(15-25)36(41,42)43)31-9-10-44-33(46-31)45-28-7-8-30(29(37)17-28)50-20-24-6-5-11-47(4)18-24/h7-10,12-17,24H,5-6,11,18-20H2,1-4H3,(H,44,45,46). The van der Waals surface area contributed by atoms with Gasteiger partial charge in [0.1, 0.15) is 11.6 Å². The lowest BCUT2D eigenvalue weighted by atomic mass is 10.00. The summed E-state index contributed by atoms with van der Waals surface area (Å²) in [7, 11) is 2.02. The van der Waals surface area contributed by atoms with Gasteiger partial charge in [-0.2, -0.15) is 31.3 Å². The number of likely N-dealkylation sites (tertiary alicyclic amines) is 1. The molecule has 8 nitrogen and oxygen atoms in total. The van der Waals surface area contributed by atoms with Crippen LogP contribution in [-0.4, -0.2) is 47.7 Å². The van der Waals surface area contributed by atoms with Crippen molar-refractivity contribution in [3.63, 3.8) is 0 Å². The Morgan fingerprint density at radius 1 is 0.961 bits per heavy atom. The van der Waals surface area contributed by atoms with E-state index in [1.807, 2.05) is 14.0 Å². The minimum atomic E-state index is -5.11. The molecule has 1 saturated heterocycles. The number of benzene rings is 3. The van der Waals surface area contributed by atoms with Gasteiger partial charge in [0.15, 0.2) is 11.6 Å². The number of hydrogen-bond acceptors (Lipinski definition) is 7. The molecule has 1 N–H and O–H groups in total. The molecule has 272 valence electrons. The molecule has 0 radical (unpaired) electrons. The second kappa shape index (κ2) is 15.1. The minimum absolute atomic E-state index is 0.00193. The number of aryl methyl sites for hydroxylation is 3. The molecule has 1 aromatic heterocycles. The second-order valence-corrected chi connectivity index (χ2v) is 12.7. The fourth-order valence-corrected chi connectivity index (χ4v) is 6.00. The number of aromatic nitrogens is 2. The molecule has 1 unspecified atom stereocenters. The van der Waals surface area contributed by atoms with Crippen LogP contribution in [0.2, 0.25) is 0 Å². The molecule has 4 aromatic rings. The summed E-state index contributed by atoms with van der Waals surface area (Å²) in [5, 5.41) is 2.81. The lowest BCUT2D eigenvalue weighted by molar-refractivity contribution is -0.143. The Kier molecular flexibility index (Phi) is 11.1. The molecule has 1 aliphatic heterocycles. The van der Waals surface area contributed by atoms with E-state index in [0.29, 0.717) is 29.9 Å². The smallest absolute Gasteiger partial charge is 0.421 e. The van der Waals surface area contributed by atoms with E-state index in [1.165, 1.54) is 24.4 Å². The van der Waals surface area contributed by atoms with E-state index in [1.54, 1.807) is 26.0 Å². The number of nitrogens with one attached hydrogen (secondary N) is 1. The van der Waals surface area contributed by atoms with Gasteiger partial charge in [0.25, 0.3) is 0 Å². The summed E-state index contributed by atoms with van der Waals surface area (Å²) in [6.45, 7) is 6.62. The number of hydrogen-bond donors (Lipinski definition) is 1. The number of alkyl halides is 6. The van der Waals surface area contributed by atoms with Gasteiger partial charge in [0, 0.05) is 30.4 Å². The van der Waals surface area contributed by atoms with E-state index in [2.05, 4.69) is 20.2 Å². The topological polar surface area (TPSA) is 79.8 Å². The molecule has 15 heteroatoms. The van der Waals surface area contributed by atoms with Crippen LogP contribution in [0, 0.1) is 32.5 Å². The number of halogens is 7. The van der Waals surface area contributed by atoms with Gasteiger partial charge in [0.05, 0.1) is 24.3 Å². The van der Waals surface area contributed by atoms with E-state index < -0.39 is 47.5 Å². The van der Waals surface area contributed by atoms with Crippen LogP contribution < -0.4 is 19.7 Å². The molecule has 0 bridgehead atoms. The first kappa shape index (κ1) is 37.3.